The van der Waals surface area contributed by atoms with Crippen molar-refractivity contribution in [3.8, 4) is 17.1 Å². The van der Waals surface area contributed by atoms with Crippen LogP contribution in [-0.4, -0.2) is 16.2 Å². The maximum absolute atomic E-state index is 13.2. The van der Waals surface area contributed by atoms with E-state index in [-0.39, 0.29) is 5.56 Å². The number of halogens is 3. The standard InChI is InChI=1S/C26H23BrCl2N2O2/c27-19-11-14-24(22(29)17-19)33-16-6-2-1-5-15-31-25(18-9-12-20(28)13-10-18)30-23-8-4-3-7-21(23)26(31)32/h3-4,7-14,17H,1-2,5-6,15-16H2. The Labute approximate surface area is 211 Å². The molecule has 33 heavy (non-hydrogen) atoms. The molecule has 0 aliphatic rings. The van der Waals surface area contributed by atoms with Crippen LogP contribution in [-0.2, 0) is 6.54 Å². The van der Waals surface area contributed by atoms with E-state index in [0.717, 1.165) is 35.7 Å². The number of hydrogen-bond acceptors (Lipinski definition) is 3. The van der Waals surface area contributed by atoms with Crippen LogP contribution in [0.4, 0.5) is 0 Å². The Bertz CT molecular complexity index is 1310. The first kappa shape index (κ1) is 23.8. The van der Waals surface area contributed by atoms with Crippen molar-refractivity contribution in [1.29, 1.82) is 0 Å². The van der Waals surface area contributed by atoms with Gasteiger partial charge in [0.2, 0.25) is 0 Å². The quantitative estimate of drug-likeness (QED) is 0.202. The van der Waals surface area contributed by atoms with Crippen LogP contribution < -0.4 is 10.3 Å². The molecule has 0 unspecified atom stereocenters. The van der Waals surface area contributed by atoms with Crippen molar-refractivity contribution in [3.63, 3.8) is 0 Å². The summed E-state index contributed by atoms with van der Waals surface area (Å²) in [6.07, 6.45) is 3.78. The Balaban J connectivity index is 1.39. The number of hydrogen-bond donors (Lipinski definition) is 0. The molecule has 1 aromatic heterocycles. The number of para-hydroxylation sites is 1. The lowest BCUT2D eigenvalue weighted by atomic mass is 10.1. The molecule has 7 heteroatoms. The second kappa shape index (κ2) is 11.2. The van der Waals surface area contributed by atoms with Crippen LogP contribution in [0.5, 0.6) is 5.75 Å². The van der Waals surface area contributed by atoms with Crippen molar-refractivity contribution >= 4 is 50.0 Å². The second-order valence-electron chi connectivity index (χ2n) is 7.75. The minimum absolute atomic E-state index is 0.0150. The fourth-order valence-corrected chi connectivity index (χ4v) is 4.55. The maximum Gasteiger partial charge on any atom is 0.261 e. The molecule has 0 bridgehead atoms. The molecule has 0 saturated heterocycles. The van der Waals surface area contributed by atoms with Crippen molar-refractivity contribution in [1.82, 2.24) is 9.55 Å². The van der Waals surface area contributed by atoms with Gasteiger partial charge in [0.05, 0.1) is 22.5 Å². The molecule has 170 valence electrons. The van der Waals surface area contributed by atoms with E-state index in [9.17, 15) is 4.79 Å². The van der Waals surface area contributed by atoms with Crippen LogP contribution in [0.2, 0.25) is 10.0 Å². The van der Waals surface area contributed by atoms with Crippen molar-refractivity contribution in [2.24, 2.45) is 0 Å². The molecule has 0 N–H and O–H groups in total. The minimum atomic E-state index is -0.0150. The maximum atomic E-state index is 13.2. The summed E-state index contributed by atoms with van der Waals surface area (Å²) in [5, 5.41) is 1.89. The highest BCUT2D eigenvalue weighted by molar-refractivity contribution is 9.10. The van der Waals surface area contributed by atoms with Crippen LogP contribution in [0, 0.1) is 0 Å². The smallest absolute Gasteiger partial charge is 0.261 e. The van der Waals surface area contributed by atoms with Crippen LogP contribution in [0.1, 0.15) is 25.7 Å². The van der Waals surface area contributed by atoms with Gasteiger partial charge in [-0.1, -0.05) is 64.1 Å². The summed E-state index contributed by atoms with van der Waals surface area (Å²) in [7, 11) is 0. The predicted octanol–water partition coefficient (Wildman–Crippen LogP) is 7.77. The lowest BCUT2D eigenvalue weighted by Crippen LogP contribution is -2.23. The van der Waals surface area contributed by atoms with Gasteiger partial charge in [0.15, 0.2) is 0 Å². The molecule has 4 aromatic rings. The molecule has 0 saturated carbocycles. The number of nitrogens with zero attached hydrogens (tertiary/aromatic N) is 2. The third kappa shape index (κ3) is 5.97. The molecule has 0 aliphatic heterocycles. The third-order valence-corrected chi connectivity index (χ3v) is 6.43. The molecule has 0 atom stereocenters. The summed E-state index contributed by atoms with van der Waals surface area (Å²) in [6, 6.07) is 20.5. The molecule has 1 heterocycles. The fraction of sp³-hybridized carbons (Fsp3) is 0.231. The molecule has 4 nitrogen and oxygen atoms in total. The Morgan fingerprint density at radius 3 is 2.45 bits per heavy atom. The first-order chi connectivity index (χ1) is 16.0. The van der Waals surface area contributed by atoms with Crippen molar-refractivity contribution in [2.75, 3.05) is 6.61 Å². The van der Waals surface area contributed by atoms with E-state index in [1.165, 1.54) is 0 Å². The average Bonchev–Trinajstić information content (AvgIpc) is 2.81. The van der Waals surface area contributed by atoms with Gasteiger partial charge in [-0.05, 0) is 67.4 Å². The highest BCUT2D eigenvalue weighted by atomic mass is 79.9. The van der Waals surface area contributed by atoms with Gasteiger partial charge in [-0.25, -0.2) is 4.98 Å². The molecule has 0 aliphatic carbocycles. The summed E-state index contributed by atoms with van der Waals surface area (Å²) in [4.78, 5) is 18.0. The number of benzene rings is 3. The highest BCUT2D eigenvalue weighted by Crippen LogP contribution is 2.28. The molecule has 4 rings (SSSR count). The second-order valence-corrected chi connectivity index (χ2v) is 9.51. The summed E-state index contributed by atoms with van der Waals surface area (Å²) in [6.45, 7) is 1.21. The Hall–Kier alpha value is -2.34. The number of unbranched alkanes of at least 4 members (excludes halogenated alkanes) is 3. The highest BCUT2D eigenvalue weighted by Gasteiger charge is 2.12. The van der Waals surface area contributed by atoms with Crippen LogP contribution in [0.25, 0.3) is 22.3 Å². The lowest BCUT2D eigenvalue weighted by Gasteiger charge is -2.14. The van der Waals surface area contributed by atoms with E-state index in [0.29, 0.717) is 45.7 Å². The molecular formula is C26H23BrCl2N2O2. The lowest BCUT2D eigenvalue weighted by molar-refractivity contribution is 0.304. The Kier molecular flexibility index (Phi) is 8.07. The zero-order valence-electron chi connectivity index (χ0n) is 17.9. The van der Waals surface area contributed by atoms with E-state index >= 15 is 0 Å². The van der Waals surface area contributed by atoms with E-state index in [4.69, 9.17) is 32.9 Å². The van der Waals surface area contributed by atoms with E-state index in [1.807, 2.05) is 66.7 Å². The average molecular weight is 546 g/mol. The van der Waals surface area contributed by atoms with Gasteiger partial charge >= 0.3 is 0 Å². The van der Waals surface area contributed by atoms with Gasteiger partial charge in [0.25, 0.3) is 5.56 Å². The van der Waals surface area contributed by atoms with Crippen LogP contribution in [0.15, 0.2) is 76.0 Å². The van der Waals surface area contributed by atoms with Crippen LogP contribution in [0.3, 0.4) is 0 Å². The molecule has 0 fully saturated rings. The molecule has 0 spiro atoms. The topological polar surface area (TPSA) is 44.1 Å². The van der Waals surface area contributed by atoms with Crippen molar-refractivity contribution < 1.29 is 4.74 Å². The van der Waals surface area contributed by atoms with E-state index in [1.54, 1.807) is 4.57 Å². The number of ether oxygens (including phenoxy) is 1. The summed E-state index contributed by atoms with van der Waals surface area (Å²) in [5.41, 5.74) is 1.56. The van der Waals surface area contributed by atoms with Crippen molar-refractivity contribution in [3.05, 3.63) is 91.6 Å². The third-order valence-electron chi connectivity index (χ3n) is 5.39. The normalized spacial score (nSPS) is 11.1. The van der Waals surface area contributed by atoms with E-state index < -0.39 is 0 Å². The Morgan fingerprint density at radius 1 is 0.909 bits per heavy atom. The van der Waals surface area contributed by atoms with Crippen molar-refractivity contribution in [2.45, 2.75) is 32.2 Å². The number of fused-ring (bicyclic) bond motifs is 1. The zero-order chi connectivity index (χ0) is 23.2. The summed E-state index contributed by atoms with van der Waals surface area (Å²) in [5.74, 6) is 1.37. The molecule has 0 amide bonds. The fourth-order valence-electron chi connectivity index (χ4n) is 3.69. The number of aromatic nitrogens is 2. The first-order valence-corrected chi connectivity index (χ1v) is 12.4. The molecule has 3 aromatic carbocycles. The predicted molar refractivity (Wildman–Crippen MR) is 140 cm³/mol. The van der Waals surface area contributed by atoms with Gasteiger partial charge in [0.1, 0.15) is 11.6 Å². The minimum Gasteiger partial charge on any atom is -0.492 e. The number of rotatable bonds is 9. The largest absolute Gasteiger partial charge is 0.492 e. The van der Waals surface area contributed by atoms with Gasteiger partial charge in [0, 0.05) is 21.6 Å². The van der Waals surface area contributed by atoms with Gasteiger partial charge < -0.3 is 4.74 Å². The van der Waals surface area contributed by atoms with E-state index in [2.05, 4.69) is 15.9 Å². The Morgan fingerprint density at radius 2 is 1.67 bits per heavy atom. The summed E-state index contributed by atoms with van der Waals surface area (Å²) >= 11 is 15.6. The monoisotopic (exact) mass is 544 g/mol. The zero-order valence-corrected chi connectivity index (χ0v) is 21.0. The van der Waals surface area contributed by atoms with Gasteiger partial charge in [-0.3, -0.25) is 9.36 Å². The van der Waals surface area contributed by atoms with Gasteiger partial charge in [-0.2, -0.15) is 0 Å². The molecular weight excluding hydrogens is 523 g/mol. The molecule has 0 radical (unpaired) electrons. The first-order valence-electron chi connectivity index (χ1n) is 10.9. The summed E-state index contributed by atoms with van der Waals surface area (Å²) < 4.78 is 8.49. The SMILES string of the molecule is O=c1c2ccccc2nc(-c2ccc(Cl)cc2)n1CCCCCCOc1ccc(Br)cc1Cl. The van der Waals surface area contributed by atoms with Gasteiger partial charge in [-0.15, -0.1) is 0 Å². The van der Waals surface area contributed by atoms with Crippen LogP contribution >= 0.6 is 39.1 Å².